The lowest BCUT2D eigenvalue weighted by molar-refractivity contribution is -0.118. The van der Waals surface area contributed by atoms with E-state index < -0.39 is 17.7 Å². The molecule has 1 aliphatic carbocycles. The summed E-state index contributed by atoms with van der Waals surface area (Å²) in [7, 11) is 0. The smallest absolute Gasteiger partial charge is 0.301 e. The minimum Gasteiger partial charge on any atom is -0.427 e. The number of halogens is 2. The number of nitrogens with one attached hydrogen (secondary N) is 3. The predicted molar refractivity (Wildman–Crippen MR) is 130 cm³/mol. The van der Waals surface area contributed by atoms with Gasteiger partial charge in [0.25, 0.3) is 0 Å². The Balaban J connectivity index is 1.57. The highest BCUT2D eigenvalue weighted by Gasteiger charge is 2.27. The highest BCUT2D eigenvalue weighted by atomic mass is 19.1. The van der Waals surface area contributed by atoms with E-state index in [1.807, 2.05) is 13.8 Å². The van der Waals surface area contributed by atoms with Crippen LogP contribution in [0.5, 0.6) is 0 Å². The molecule has 1 aromatic heterocycles. The molecule has 8 heteroatoms. The minimum absolute atomic E-state index is 0.0212. The molecule has 0 saturated heterocycles. The number of anilines is 1. The molecule has 1 aromatic carbocycles. The van der Waals surface area contributed by atoms with Gasteiger partial charge in [0, 0.05) is 12.1 Å². The van der Waals surface area contributed by atoms with Gasteiger partial charge in [-0.15, -0.1) is 0 Å². The molecule has 3 atom stereocenters. The number of fused-ring (bicyclic) bond motifs is 1. The van der Waals surface area contributed by atoms with Gasteiger partial charge in [-0.05, 0) is 68.2 Å². The van der Waals surface area contributed by atoms with E-state index in [0.29, 0.717) is 42.6 Å². The first kappa shape index (κ1) is 26.3. The van der Waals surface area contributed by atoms with Gasteiger partial charge in [0.1, 0.15) is 17.4 Å². The number of carbonyl (C=O) groups excluding carboxylic acids is 1. The van der Waals surface area contributed by atoms with Crippen LogP contribution in [-0.4, -0.2) is 29.5 Å². The van der Waals surface area contributed by atoms with Crippen LogP contribution in [0, 0.1) is 17.0 Å². The number of oxazole rings is 1. The third-order valence-corrected chi connectivity index (χ3v) is 6.30. The molecule has 1 aliphatic rings. The lowest BCUT2D eigenvalue weighted by Gasteiger charge is -2.29. The van der Waals surface area contributed by atoms with Crippen molar-refractivity contribution in [3.8, 4) is 0 Å². The van der Waals surface area contributed by atoms with Crippen molar-refractivity contribution in [2.75, 3.05) is 11.9 Å². The molecule has 0 bridgehead atoms. The number of aryl methyl sites for hydroxylation is 1. The Labute approximate surface area is 201 Å². The molecule has 2 unspecified atom stereocenters. The van der Waals surface area contributed by atoms with Crippen molar-refractivity contribution >= 4 is 11.9 Å². The predicted octanol–water partition coefficient (Wildman–Crippen LogP) is 5.29. The van der Waals surface area contributed by atoms with Crippen LogP contribution >= 0.6 is 0 Å². The summed E-state index contributed by atoms with van der Waals surface area (Å²) in [5, 5.41) is 9.58. The van der Waals surface area contributed by atoms with Gasteiger partial charge in [-0.3, -0.25) is 10.1 Å². The van der Waals surface area contributed by atoms with Crippen molar-refractivity contribution in [3.63, 3.8) is 0 Å². The van der Waals surface area contributed by atoms with Crippen LogP contribution < -0.4 is 16.0 Å². The molecule has 0 fully saturated rings. The van der Waals surface area contributed by atoms with E-state index in [9.17, 15) is 13.6 Å². The number of carbonyl (C=O) groups is 1. The number of benzene rings is 1. The SMILES string of the molecule is CCC[C@H](NC1CCc2cc(F)cc(F)c2C1)C(=O)Nc1ncc(C(C)NCCC(C)(C)C)o1. The Morgan fingerprint density at radius 2 is 2.06 bits per heavy atom. The van der Waals surface area contributed by atoms with Gasteiger partial charge in [0.2, 0.25) is 5.91 Å². The largest absolute Gasteiger partial charge is 0.427 e. The maximum Gasteiger partial charge on any atom is 0.301 e. The Bertz CT molecular complexity index is 970. The fourth-order valence-electron chi connectivity index (χ4n) is 4.29. The summed E-state index contributed by atoms with van der Waals surface area (Å²) in [6, 6.07) is 1.95. The second kappa shape index (κ2) is 11.4. The highest BCUT2D eigenvalue weighted by Crippen LogP contribution is 2.26. The zero-order chi connectivity index (χ0) is 24.9. The maximum atomic E-state index is 14.3. The van der Waals surface area contributed by atoms with Gasteiger partial charge in [0.15, 0.2) is 0 Å². The van der Waals surface area contributed by atoms with Crippen LogP contribution in [0.25, 0.3) is 0 Å². The number of rotatable bonds is 10. The molecule has 3 N–H and O–H groups in total. The minimum atomic E-state index is -0.546. The average Bonchev–Trinajstić information content (AvgIpc) is 3.21. The van der Waals surface area contributed by atoms with Crippen molar-refractivity contribution in [1.29, 1.82) is 0 Å². The van der Waals surface area contributed by atoms with Crippen LogP contribution in [-0.2, 0) is 17.6 Å². The lowest BCUT2D eigenvalue weighted by atomic mass is 9.87. The normalized spacial score (nSPS) is 17.8. The van der Waals surface area contributed by atoms with E-state index in [0.717, 1.165) is 25.5 Å². The molecule has 6 nitrogen and oxygen atoms in total. The molecule has 3 rings (SSSR count). The van der Waals surface area contributed by atoms with Gasteiger partial charge in [-0.2, -0.15) is 0 Å². The van der Waals surface area contributed by atoms with Gasteiger partial charge in [0.05, 0.1) is 18.3 Å². The zero-order valence-corrected chi connectivity index (χ0v) is 20.9. The molecule has 1 amide bonds. The topological polar surface area (TPSA) is 79.2 Å². The maximum absolute atomic E-state index is 14.3. The number of hydrogen-bond donors (Lipinski definition) is 3. The van der Waals surface area contributed by atoms with Crippen LogP contribution in [0.15, 0.2) is 22.7 Å². The third-order valence-electron chi connectivity index (χ3n) is 6.30. The summed E-state index contributed by atoms with van der Waals surface area (Å²) in [5.74, 6) is -0.629. The third kappa shape index (κ3) is 7.34. The van der Waals surface area contributed by atoms with E-state index in [-0.39, 0.29) is 29.4 Å². The molecule has 1 heterocycles. The standard InChI is InChI=1S/C26H38F2N4O2/c1-6-7-22(31-19-9-8-17-12-18(27)13-21(28)20(17)14-19)24(33)32-25-30-15-23(34-25)16(2)29-11-10-26(3,4)5/h12-13,15-16,19,22,29,31H,6-11,14H2,1-5H3,(H,30,32,33)/t16?,19?,22-/m0/s1. The molecule has 0 saturated carbocycles. The Kier molecular flexibility index (Phi) is 8.82. The van der Waals surface area contributed by atoms with Gasteiger partial charge >= 0.3 is 6.01 Å². The van der Waals surface area contributed by atoms with Crippen molar-refractivity contribution < 1.29 is 18.0 Å². The molecule has 188 valence electrons. The Hall–Kier alpha value is -2.32. The first-order valence-corrected chi connectivity index (χ1v) is 12.3. The van der Waals surface area contributed by atoms with E-state index in [2.05, 4.69) is 41.7 Å². The summed E-state index contributed by atoms with van der Waals surface area (Å²) < 4.78 is 33.5. The number of nitrogens with zero attached hydrogens (tertiary/aromatic N) is 1. The Morgan fingerprint density at radius 3 is 2.76 bits per heavy atom. The lowest BCUT2D eigenvalue weighted by Crippen LogP contribution is -2.48. The van der Waals surface area contributed by atoms with Gasteiger partial charge in [-0.1, -0.05) is 34.1 Å². The molecule has 0 aliphatic heterocycles. The zero-order valence-electron chi connectivity index (χ0n) is 20.9. The van der Waals surface area contributed by atoms with Crippen LogP contribution in [0.2, 0.25) is 0 Å². The summed E-state index contributed by atoms with van der Waals surface area (Å²) in [6.45, 7) is 11.5. The van der Waals surface area contributed by atoms with Crippen molar-refractivity contribution in [2.45, 2.75) is 91.3 Å². The molecule has 0 spiro atoms. The number of aromatic nitrogens is 1. The second-order valence-electron chi connectivity index (χ2n) is 10.5. The second-order valence-corrected chi connectivity index (χ2v) is 10.5. The molecule has 2 aromatic rings. The van der Waals surface area contributed by atoms with Crippen molar-refractivity contribution in [1.82, 2.24) is 15.6 Å². The molecular weight excluding hydrogens is 438 g/mol. The fourth-order valence-corrected chi connectivity index (χ4v) is 4.29. The van der Waals surface area contributed by atoms with Crippen LogP contribution in [0.1, 0.15) is 83.2 Å². The first-order valence-electron chi connectivity index (χ1n) is 12.3. The monoisotopic (exact) mass is 476 g/mol. The van der Waals surface area contributed by atoms with Crippen molar-refractivity contribution in [3.05, 3.63) is 46.9 Å². The average molecular weight is 477 g/mol. The molecular formula is C26H38F2N4O2. The molecule has 0 radical (unpaired) electrons. The van der Waals surface area contributed by atoms with E-state index in [1.54, 1.807) is 6.20 Å². The van der Waals surface area contributed by atoms with Crippen molar-refractivity contribution in [2.24, 2.45) is 5.41 Å². The van der Waals surface area contributed by atoms with E-state index in [1.165, 1.54) is 6.07 Å². The Morgan fingerprint density at radius 1 is 1.29 bits per heavy atom. The highest BCUT2D eigenvalue weighted by molar-refractivity contribution is 5.93. The van der Waals surface area contributed by atoms with Crippen LogP contribution in [0.4, 0.5) is 14.8 Å². The van der Waals surface area contributed by atoms with Gasteiger partial charge in [-0.25, -0.2) is 13.8 Å². The fraction of sp³-hybridized carbons (Fsp3) is 0.615. The quantitative estimate of drug-likeness (QED) is 0.434. The van der Waals surface area contributed by atoms with E-state index >= 15 is 0 Å². The number of hydrogen-bond acceptors (Lipinski definition) is 5. The summed E-state index contributed by atoms with van der Waals surface area (Å²) in [6.07, 6.45) is 5.81. The summed E-state index contributed by atoms with van der Waals surface area (Å²) >= 11 is 0. The molecule has 34 heavy (non-hydrogen) atoms. The summed E-state index contributed by atoms with van der Waals surface area (Å²) in [5.41, 5.74) is 1.49. The van der Waals surface area contributed by atoms with Crippen LogP contribution in [0.3, 0.4) is 0 Å². The summed E-state index contributed by atoms with van der Waals surface area (Å²) in [4.78, 5) is 17.2. The first-order chi connectivity index (χ1) is 16.1. The van der Waals surface area contributed by atoms with Gasteiger partial charge < -0.3 is 15.1 Å². The number of amides is 1. The van der Waals surface area contributed by atoms with E-state index in [4.69, 9.17) is 4.42 Å².